The van der Waals surface area contributed by atoms with E-state index in [1.54, 1.807) is 12.1 Å². The molecule has 62 valence electrons. The average Bonchev–Trinajstić information content (AvgIpc) is 2.15. The van der Waals surface area contributed by atoms with Crippen molar-refractivity contribution in [3.8, 4) is 0 Å². The van der Waals surface area contributed by atoms with Crippen molar-refractivity contribution in [1.29, 1.82) is 0 Å². The topological polar surface area (TPSA) is 54.9 Å². The zero-order chi connectivity index (χ0) is 8.81. The minimum atomic E-state index is 0.184. The van der Waals surface area contributed by atoms with Crippen LogP contribution >= 0.6 is 0 Å². The van der Waals surface area contributed by atoms with E-state index in [-0.39, 0.29) is 5.82 Å². The van der Waals surface area contributed by atoms with E-state index in [1.807, 2.05) is 0 Å². The van der Waals surface area contributed by atoms with Gasteiger partial charge in [-0.2, -0.15) is 0 Å². The van der Waals surface area contributed by atoms with Crippen LogP contribution in [0, 0.1) is 0 Å². The van der Waals surface area contributed by atoms with Crippen LogP contribution in [0.3, 0.4) is 0 Å². The van der Waals surface area contributed by atoms with E-state index in [9.17, 15) is 4.79 Å². The van der Waals surface area contributed by atoms with Gasteiger partial charge in [0, 0.05) is 12.7 Å². The second-order valence-electron chi connectivity index (χ2n) is 2.09. The molecule has 0 spiro atoms. The molecule has 1 aromatic rings. The molecule has 1 N–H and O–H groups in total. The van der Waals surface area contributed by atoms with Crippen LogP contribution < -0.4 is 5.32 Å². The van der Waals surface area contributed by atoms with Gasteiger partial charge >= 0.3 is 0 Å². The summed E-state index contributed by atoms with van der Waals surface area (Å²) in [4.78, 5) is 17.9. The number of hydrogen-bond acceptors (Lipinski definition) is 4. The molecule has 1 heterocycles. The highest BCUT2D eigenvalue weighted by Gasteiger charge is 1.94. The molecule has 4 heteroatoms. The second-order valence-corrected chi connectivity index (χ2v) is 2.09. The molecule has 0 fully saturated rings. The van der Waals surface area contributed by atoms with Gasteiger partial charge in [0.15, 0.2) is 12.1 Å². The van der Waals surface area contributed by atoms with Gasteiger partial charge in [-0.15, -0.1) is 6.58 Å². The second kappa shape index (κ2) is 4.23. The van der Waals surface area contributed by atoms with Crippen molar-refractivity contribution in [3.05, 3.63) is 30.7 Å². The van der Waals surface area contributed by atoms with E-state index in [0.29, 0.717) is 18.6 Å². The summed E-state index contributed by atoms with van der Waals surface area (Å²) >= 11 is 0. The van der Waals surface area contributed by atoms with Crippen LogP contribution in [0.2, 0.25) is 0 Å². The number of carbonyl (C=O) groups excluding carboxylic acids is 1. The average molecular weight is 163 g/mol. The van der Waals surface area contributed by atoms with Gasteiger partial charge in [-0.3, -0.25) is 4.79 Å². The van der Waals surface area contributed by atoms with Crippen molar-refractivity contribution in [2.24, 2.45) is 0 Å². The molecule has 0 atom stereocenters. The third-order valence-electron chi connectivity index (χ3n) is 1.21. The van der Waals surface area contributed by atoms with E-state index >= 15 is 0 Å². The summed E-state index contributed by atoms with van der Waals surface area (Å²) in [5.41, 5.74) is 0. The number of nitrogens with one attached hydrogen (secondary N) is 1. The molecular formula is C8H9N3O. The van der Waals surface area contributed by atoms with Gasteiger partial charge in [0.05, 0.1) is 0 Å². The van der Waals surface area contributed by atoms with Crippen molar-refractivity contribution in [1.82, 2.24) is 9.97 Å². The third kappa shape index (κ3) is 2.16. The Morgan fingerprint density at radius 3 is 3.17 bits per heavy atom. The fourth-order valence-electron chi connectivity index (χ4n) is 0.706. The van der Waals surface area contributed by atoms with E-state index in [4.69, 9.17) is 0 Å². The first-order chi connectivity index (χ1) is 5.86. The summed E-state index contributed by atoms with van der Waals surface area (Å²) in [7, 11) is 0. The Bertz CT molecular complexity index is 285. The molecule has 12 heavy (non-hydrogen) atoms. The minimum absolute atomic E-state index is 0.184. The molecule has 0 aliphatic rings. The number of rotatable bonds is 4. The fraction of sp³-hybridized carbons (Fsp3) is 0.125. The van der Waals surface area contributed by atoms with E-state index in [0.717, 1.165) is 0 Å². The minimum Gasteiger partial charge on any atom is -0.366 e. The van der Waals surface area contributed by atoms with Crippen LogP contribution in [0.4, 0.5) is 5.82 Å². The summed E-state index contributed by atoms with van der Waals surface area (Å²) in [5.74, 6) is 0.816. The predicted molar refractivity (Wildman–Crippen MR) is 46.1 cm³/mol. The maximum atomic E-state index is 10.3. The lowest BCUT2D eigenvalue weighted by molar-refractivity contribution is 0.111. The van der Waals surface area contributed by atoms with Gasteiger partial charge in [-0.25, -0.2) is 9.97 Å². The highest BCUT2D eigenvalue weighted by Crippen LogP contribution is 1.99. The fourth-order valence-corrected chi connectivity index (χ4v) is 0.706. The molecule has 0 aliphatic heterocycles. The number of nitrogens with zero attached hydrogens (tertiary/aromatic N) is 2. The molecule has 0 amide bonds. The van der Waals surface area contributed by atoms with Gasteiger partial charge in [-0.05, 0) is 6.07 Å². The lowest BCUT2D eigenvalue weighted by Crippen LogP contribution is -2.02. The SMILES string of the molecule is C=CCNc1ccnc(C=O)n1. The quantitative estimate of drug-likeness (QED) is 0.529. The summed E-state index contributed by atoms with van der Waals surface area (Å²) in [6.45, 7) is 4.16. The maximum Gasteiger partial charge on any atom is 0.194 e. The highest BCUT2D eigenvalue weighted by atomic mass is 16.1. The van der Waals surface area contributed by atoms with Gasteiger partial charge < -0.3 is 5.32 Å². The molecule has 4 nitrogen and oxygen atoms in total. The summed E-state index contributed by atoms with van der Waals surface area (Å²) in [6, 6.07) is 1.69. The predicted octanol–water partition coefficient (Wildman–Crippen LogP) is 0.887. The van der Waals surface area contributed by atoms with Crippen LogP contribution in [-0.2, 0) is 0 Å². The van der Waals surface area contributed by atoms with Crippen LogP contribution in [0.5, 0.6) is 0 Å². The molecular weight excluding hydrogens is 154 g/mol. The summed E-state index contributed by atoms with van der Waals surface area (Å²) in [6.07, 6.45) is 3.85. The van der Waals surface area contributed by atoms with Crippen molar-refractivity contribution < 1.29 is 4.79 Å². The third-order valence-corrected chi connectivity index (χ3v) is 1.21. The molecule has 0 aromatic carbocycles. The Balaban J connectivity index is 2.72. The standard InChI is InChI=1S/C8H9N3O/c1-2-4-9-7-3-5-10-8(6-12)11-7/h2-3,5-6H,1,4H2,(H,9,10,11). The Morgan fingerprint density at radius 1 is 1.67 bits per heavy atom. The van der Waals surface area contributed by atoms with Gasteiger partial charge in [0.1, 0.15) is 5.82 Å². The molecule has 0 saturated carbocycles. The number of hydrogen-bond donors (Lipinski definition) is 1. The smallest absolute Gasteiger partial charge is 0.194 e. The van der Waals surface area contributed by atoms with E-state index in [2.05, 4.69) is 21.9 Å². The zero-order valence-corrected chi connectivity index (χ0v) is 6.53. The first kappa shape index (κ1) is 8.39. The van der Waals surface area contributed by atoms with Gasteiger partial charge in [0.25, 0.3) is 0 Å². The molecule has 0 radical (unpaired) electrons. The van der Waals surface area contributed by atoms with Gasteiger partial charge in [-0.1, -0.05) is 6.08 Å². The van der Waals surface area contributed by atoms with E-state index in [1.165, 1.54) is 6.20 Å². The lowest BCUT2D eigenvalue weighted by Gasteiger charge is -2.00. The zero-order valence-electron chi connectivity index (χ0n) is 6.53. The maximum absolute atomic E-state index is 10.3. The first-order valence-corrected chi connectivity index (χ1v) is 3.50. The van der Waals surface area contributed by atoms with Crippen molar-refractivity contribution >= 4 is 12.1 Å². The van der Waals surface area contributed by atoms with Crippen LogP contribution in [0.15, 0.2) is 24.9 Å². The van der Waals surface area contributed by atoms with Crippen molar-refractivity contribution in [2.45, 2.75) is 0 Å². The number of carbonyl (C=O) groups is 1. The Kier molecular flexibility index (Phi) is 2.95. The summed E-state index contributed by atoms with van der Waals surface area (Å²) < 4.78 is 0. The normalized spacial score (nSPS) is 9.00. The molecule has 1 rings (SSSR count). The largest absolute Gasteiger partial charge is 0.366 e. The first-order valence-electron chi connectivity index (χ1n) is 3.50. The van der Waals surface area contributed by atoms with Crippen LogP contribution in [-0.4, -0.2) is 22.8 Å². The van der Waals surface area contributed by atoms with E-state index < -0.39 is 0 Å². The van der Waals surface area contributed by atoms with Gasteiger partial charge in [0.2, 0.25) is 0 Å². The van der Waals surface area contributed by atoms with Crippen molar-refractivity contribution in [2.75, 3.05) is 11.9 Å². The molecule has 1 aromatic heterocycles. The monoisotopic (exact) mass is 163 g/mol. The Labute approximate surface area is 70.4 Å². The van der Waals surface area contributed by atoms with Crippen LogP contribution in [0.1, 0.15) is 10.6 Å². The Hall–Kier alpha value is -1.71. The number of aromatic nitrogens is 2. The molecule has 0 bridgehead atoms. The number of anilines is 1. The molecule has 0 aliphatic carbocycles. The van der Waals surface area contributed by atoms with Crippen molar-refractivity contribution in [3.63, 3.8) is 0 Å². The summed E-state index contributed by atoms with van der Waals surface area (Å²) in [5, 5.41) is 2.94. The lowest BCUT2D eigenvalue weighted by atomic mass is 10.5. The number of aldehydes is 1. The Morgan fingerprint density at radius 2 is 2.50 bits per heavy atom. The highest BCUT2D eigenvalue weighted by molar-refractivity contribution is 5.69. The molecule has 0 saturated heterocycles. The molecule has 0 unspecified atom stereocenters. The van der Waals surface area contributed by atoms with Crippen LogP contribution in [0.25, 0.3) is 0 Å².